The Morgan fingerprint density at radius 3 is 2.58 bits per heavy atom. The van der Waals surface area contributed by atoms with Crippen LogP contribution in [0.25, 0.3) is 0 Å². The van der Waals surface area contributed by atoms with E-state index in [2.05, 4.69) is 4.99 Å². The molecule has 2 aromatic carbocycles. The molecule has 26 heavy (non-hydrogen) atoms. The normalized spacial score (nSPS) is 22.0. The smallest absolute Gasteiger partial charge is 0.228 e. The van der Waals surface area contributed by atoms with Gasteiger partial charge in [-0.3, -0.25) is 0 Å². The minimum Gasteiger partial charge on any atom is -0.496 e. The number of fused-ring (bicyclic) bond motifs is 2. The van der Waals surface area contributed by atoms with Gasteiger partial charge in [0.2, 0.25) is 5.72 Å². The van der Waals surface area contributed by atoms with Crippen LogP contribution < -0.4 is 19.1 Å². The van der Waals surface area contributed by atoms with Crippen molar-refractivity contribution in [2.24, 2.45) is 4.99 Å². The average molecular weight is 356 g/mol. The van der Waals surface area contributed by atoms with Gasteiger partial charge in [-0.1, -0.05) is 0 Å². The lowest BCUT2D eigenvalue weighted by molar-refractivity contribution is 0.0817. The van der Waals surface area contributed by atoms with Crippen LogP contribution in [0.3, 0.4) is 0 Å². The van der Waals surface area contributed by atoms with Crippen molar-refractivity contribution in [3.05, 3.63) is 41.7 Å². The first-order valence-electron chi connectivity index (χ1n) is 8.38. The van der Waals surface area contributed by atoms with Gasteiger partial charge >= 0.3 is 0 Å². The van der Waals surface area contributed by atoms with E-state index in [1.54, 1.807) is 44.7 Å². The Kier molecular flexibility index (Phi) is 3.45. The molecule has 2 aliphatic rings. The first-order chi connectivity index (χ1) is 12.3. The second kappa shape index (κ2) is 5.37. The SMILES string of the molecule is COc1cc(OC)c2c(c1)O[C@@]1(C=N2)N(C)c2ccc(F)cc2C1(C)C. The van der Waals surface area contributed by atoms with E-state index in [1.165, 1.54) is 6.07 Å². The minimum atomic E-state index is -0.881. The highest BCUT2D eigenvalue weighted by Gasteiger charge is 2.58. The molecule has 0 aromatic heterocycles. The highest BCUT2D eigenvalue weighted by Crippen LogP contribution is 2.55. The number of rotatable bonds is 2. The maximum atomic E-state index is 13.9. The van der Waals surface area contributed by atoms with Gasteiger partial charge in [-0.05, 0) is 37.6 Å². The molecule has 0 unspecified atom stereocenters. The fourth-order valence-corrected chi connectivity index (χ4v) is 3.92. The second-order valence-electron chi connectivity index (χ2n) is 7.08. The van der Waals surface area contributed by atoms with Crippen LogP contribution in [-0.2, 0) is 5.41 Å². The zero-order chi connectivity index (χ0) is 18.7. The molecule has 2 aliphatic heterocycles. The first kappa shape index (κ1) is 16.7. The number of halogens is 1. The maximum Gasteiger partial charge on any atom is 0.228 e. The van der Waals surface area contributed by atoms with Gasteiger partial charge in [-0.25, -0.2) is 9.38 Å². The number of hydrogen-bond donors (Lipinski definition) is 0. The summed E-state index contributed by atoms with van der Waals surface area (Å²) in [6.07, 6.45) is 1.78. The molecule has 0 N–H and O–H groups in total. The van der Waals surface area contributed by atoms with Crippen molar-refractivity contribution in [3.8, 4) is 17.2 Å². The summed E-state index contributed by atoms with van der Waals surface area (Å²) in [6, 6.07) is 8.37. The van der Waals surface area contributed by atoms with Gasteiger partial charge < -0.3 is 19.1 Å². The lowest BCUT2D eigenvalue weighted by Gasteiger charge is -2.44. The Morgan fingerprint density at radius 2 is 1.88 bits per heavy atom. The van der Waals surface area contributed by atoms with Crippen molar-refractivity contribution in [2.75, 3.05) is 26.2 Å². The molecule has 1 atom stereocenters. The Hall–Kier alpha value is -2.76. The molecule has 0 bridgehead atoms. The van der Waals surface area contributed by atoms with E-state index in [0.29, 0.717) is 22.9 Å². The van der Waals surface area contributed by atoms with E-state index in [0.717, 1.165) is 11.3 Å². The highest BCUT2D eigenvalue weighted by molar-refractivity contribution is 5.89. The van der Waals surface area contributed by atoms with Crippen LogP contribution in [0.15, 0.2) is 35.3 Å². The van der Waals surface area contributed by atoms with E-state index in [-0.39, 0.29) is 5.82 Å². The van der Waals surface area contributed by atoms with Gasteiger partial charge in [0.1, 0.15) is 17.3 Å². The minimum absolute atomic E-state index is 0.265. The molecule has 5 nitrogen and oxygen atoms in total. The maximum absolute atomic E-state index is 13.9. The molecule has 1 spiro atoms. The predicted molar refractivity (Wildman–Crippen MR) is 98.9 cm³/mol. The Bertz CT molecular complexity index is 926. The lowest BCUT2D eigenvalue weighted by Crippen LogP contribution is -2.61. The number of aliphatic imine (C=N–C) groups is 1. The summed E-state index contributed by atoms with van der Waals surface area (Å²) in [4.78, 5) is 6.66. The number of likely N-dealkylation sites (N-methyl/N-ethyl adjacent to an activating group) is 1. The Balaban J connectivity index is 1.89. The van der Waals surface area contributed by atoms with Crippen molar-refractivity contribution in [1.82, 2.24) is 0 Å². The summed E-state index contributed by atoms with van der Waals surface area (Å²) >= 11 is 0. The Morgan fingerprint density at radius 1 is 1.12 bits per heavy atom. The molecular weight excluding hydrogens is 335 g/mol. The fourth-order valence-electron chi connectivity index (χ4n) is 3.92. The summed E-state index contributed by atoms with van der Waals surface area (Å²) in [6.45, 7) is 4.06. The summed E-state index contributed by atoms with van der Waals surface area (Å²) < 4.78 is 31.2. The largest absolute Gasteiger partial charge is 0.496 e. The van der Waals surface area contributed by atoms with Crippen LogP contribution in [0.4, 0.5) is 15.8 Å². The van der Waals surface area contributed by atoms with Crippen LogP contribution in [0.1, 0.15) is 19.4 Å². The van der Waals surface area contributed by atoms with Crippen molar-refractivity contribution in [2.45, 2.75) is 25.0 Å². The molecule has 136 valence electrons. The average Bonchev–Trinajstić information content (AvgIpc) is 2.79. The summed E-state index contributed by atoms with van der Waals surface area (Å²) in [5.41, 5.74) is 1.00. The summed E-state index contributed by atoms with van der Waals surface area (Å²) in [5.74, 6) is 1.50. The number of ether oxygens (including phenoxy) is 3. The molecule has 0 saturated carbocycles. The zero-order valence-corrected chi connectivity index (χ0v) is 15.5. The standard InChI is InChI=1S/C20H21FN2O3/c1-19(2)14-8-12(21)6-7-15(14)23(3)20(19)11-22-18-16(25-5)9-13(24-4)10-17(18)26-20/h6-11H,1-5H3/t20-/m1/s1. The molecule has 2 heterocycles. The zero-order valence-electron chi connectivity index (χ0n) is 15.5. The van der Waals surface area contributed by atoms with Crippen LogP contribution in [0.2, 0.25) is 0 Å². The topological polar surface area (TPSA) is 43.3 Å². The van der Waals surface area contributed by atoms with Crippen molar-refractivity contribution in [1.29, 1.82) is 0 Å². The number of anilines is 1. The van der Waals surface area contributed by atoms with Crippen molar-refractivity contribution >= 4 is 17.6 Å². The fraction of sp³-hybridized carbons (Fsp3) is 0.350. The number of nitrogens with zero attached hydrogens (tertiary/aromatic N) is 2. The molecule has 4 rings (SSSR count). The van der Waals surface area contributed by atoms with Gasteiger partial charge in [0.05, 0.1) is 25.8 Å². The van der Waals surface area contributed by atoms with Crippen molar-refractivity contribution < 1.29 is 18.6 Å². The third kappa shape index (κ3) is 1.98. The van der Waals surface area contributed by atoms with Crippen molar-refractivity contribution in [3.63, 3.8) is 0 Å². The van der Waals surface area contributed by atoms with E-state index in [9.17, 15) is 4.39 Å². The van der Waals surface area contributed by atoms with Crippen LogP contribution in [0.5, 0.6) is 17.2 Å². The molecule has 0 amide bonds. The second-order valence-corrected chi connectivity index (χ2v) is 7.08. The van der Waals surface area contributed by atoms with E-state index < -0.39 is 11.1 Å². The molecule has 0 saturated heterocycles. The molecule has 0 aliphatic carbocycles. The number of hydrogen-bond acceptors (Lipinski definition) is 5. The van der Waals surface area contributed by atoms with Crippen LogP contribution >= 0.6 is 0 Å². The first-order valence-corrected chi connectivity index (χ1v) is 8.38. The van der Waals surface area contributed by atoms with Gasteiger partial charge in [-0.15, -0.1) is 0 Å². The third-order valence-electron chi connectivity index (χ3n) is 5.49. The molecular formula is C20H21FN2O3. The third-order valence-corrected chi connectivity index (χ3v) is 5.49. The molecule has 6 heteroatoms. The van der Waals surface area contributed by atoms with Crippen LogP contribution in [-0.4, -0.2) is 33.2 Å². The number of benzene rings is 2. The van der Waals surface area contributed by atoms with Gasteiger partial charge in [0.25, 0.3) is 0 Å². The highest BCUT2D eigenvalue weighted by atomic mass is 19.1. The molecule has 0 fully saturated rings. The van der Waals surface area contributed by atoms with Gasteiger partial charge in [-0.2, -0.15) is 0 Å². The number of methoxy groups -OCH3 is 2. The summed E-state index contributed by atoms with van der Waals surface area (Å²) in [7, 11) is 5.10. The lowest BCUT2D eigenvalue weighted by atomic mass is 9.77. The van der Waals surface area contributed by atoms with E-state index in [1.807, 2.05) is 25.8 Å². The molecule has 2 aromatic rings. The predicted octanol–water partition coefficient (Wildman–Crippen LogP) is 4.06. The Labute approximate surface area is 152 Å². The van der Waals surface area contributed by atoms with Crippen LogP contribution in [0, 0.1) is 5.82 Å². The van der Waals surface area contributed by atoms with Gasteiger partial charge in [0, 0.05) is 24.9 Å². The monoisotopic (exact) mass is 356 g/mol. The summed E-state index contributed by atoms with van der Waals surface area (Å²) in [5, 5.41) is 0. The quantitative estimate of drug-likeness (QED) is 0.814. The molecule has 0 radical (unpaired) electrons. The van der Waals surface area contributed by atoms with E-state index in [4.69, 9.17) is 14.2 Å². The van der Waals surface area contributed by atoms with E-state index >= 15 is 0 Å². The van der Waals surface area contributed by atoms with Gasteiger partial charge in [0.15, 0.2) is 11.5 Å².